The zero-order valence-electron chi connectivity index (χ0n) is 15.1. The van der Waals surface area contributed by atoms with Crippen molar-refractivity contribution in [2.24, 2.45) is 5.92 Å². The molecular formula is C19H26O6. The van der Waals surface area contributed by atoms with Crippen molar-refractivity contribution in [2.75, 3.05) is 13.2 Å². The first-order valence-electron chi connectivity index (χ1n) is 8.87. The number of allylic oxidation sites excluding steroid dienone is 1. The number of carbonyl (C=O) groups is 2. The van der Waals surface area contributed by atoms with Crippen molar-refractivity contribution in [3.05, 3.63) is 23.8 Å². The molecule has 6 nitrogen and oxygen atoms in total. The topological polar surface area (TPSA) is 74.4 Å². The highest BCUT2D eigenvalue weighted by Gasteiger charge is 2.61. The van der Waals surface area contributed by atoms with Crippen LogP contribution in [0.3, 0.4) is 0 Å². The van der Waals surface area contributed by atoms with Crippen LogP contribution >= 0.6 is 0 Å². The van der Waals surface area contributed by atoms with Gasteiger partial charge >= 0.3 is 11.9 Å². The van der Waals surface area contributed by atoms with E-state index in [1.807, 2.05) is 6.92 Å². The molecule has 5 atom stereocenters. The molecule has 2 fully saturated rings. The van der Waals surface area contributed by atoms with E-state index < -0.39 is 0 Å². The van der Waals surface area contributed by atoms with Gasteiger partial charge in [-0.1, -0.05) is 12.7 Å². The Kier molecular flexibility index (Phi) is 5.02. The fraction of sp³-hybridized carbons (Fsp3) is 0.684. The molecular weight excluding hydrogens is 324 g/mol. The summed E-state index contributed by atoms with van der Waals surface area (Å²) in [5.41, 5.74) is 1.25. The van der Waals surface area contributed by atoms with Gasteiger partial charge in [0.15, 0.2) is 0 Å². The predicted molar refractivity (Wildman–Crippen MR) is 89.8 cm³/mol. The van der Waals surface area contributed by atoms with Gasteiger partial charge in [0, 0.05) is 11.5 Å². The van der Waals surface area contributed by atoms with Crippen molar-refractivity contribution in [2.45, 2.75) is 63.9 Å². The second-order valence-corrected chi connectivity index (χ2v) is 7.18. The first kappa shape index (κ1) is 18.1. The van der Waals surface area contributed by atoms with Gasteiger partial charge in [-0.2, -0.15) is 0 Å². The monoisotopic (exact) mass is 350 g/mol. The molecule has 0 aromatic heterocycles. The van der Waals surface area contributed by atoms with E-state index in [1.54, 1.807) is 6.92 Å². The number of fused-ring (bicyclic) bond motifs is 3. The molecule has 1 aliphatic carbocycles. The molecule has 0 saturated carbocycles. The minimum atomic E-state index is -0.389. The maximum atomic E-state index is 12.0. The molecule has 0 spiro atoms. The Morgan fingerprint density at radius 3 is 2.96 bits per heavy atom. The largest absolute Gasteiger partial charge is 0.464 e. The average molecular weight is 350 g/mol. The van der Waals surface area contributed by atoms with E-state index in [-0.39, 0.29) is 48.4 Å². The lowest BCUT2D eigenvalue weighted by atomic mass is 9.83. The molecule has 2 saturated heterocycles. The molecule has 3 rings (SSSR count). The molecule has 0 aromatic rings. The van der Waals surface area contributed by atoms with Gasteiger partial charge in [-0.05, 0) is 45.6 Å². The van der Waals surface area contributed by atoms with Crippen molar-refractivity contribution < 1.29 is 28.5 Å². The minimum Gasteiger partial charge on any atom is -0.464 e. The van der Waals surface area contributed by atoms with Crippen LogP contribution in [0.2, 0.25) is 0 Å². The fourth-order valence-corrected chi connectivity index (χ4v) is 3.76. The van der Waals surface area contributed by atoms with E-state index in [9.17, 15) is 9.59 Å². The first-order chi connectivity index (χ1) is 11.9. The van der Waals surface area contributed by atoms with Crippen LogP contribution in [0.5, 0.6) is 0 Å². The number of carbonyl (C=O) groups excluding carboxylic acids is 2. The highest BCUT2D eigenvalue weighted by Crippen LogP contribution is 2.50. The molecule has 0 bridgehead atoms. The van der Waals surface area contributed by atoms with Crippen molar-refractivity contribution in [3.63, 3.8) is 0 Å². The summed E-state index contributed by atoms with van der Waals surface area (Å²) in [6.45, 7) is 9.92. The number of rotatable bonds is 4. The summed E-state index contributed by atoms with van der Waals surface area (Å²) in [5, 5.41) is 0. The fourth-order valence-electron chi connectivity index (χ4n) is 3.76. The molecule has 6 heteroatoms. The standard InChI is InChI=1S/C19H26O6/c1-5-22-15(20)10-23-14-9-13-12(3)18(21)24-16(13)17-19(4,25-17)8-6-7-11(14)2/h7,13-14,16-17H,3,5-6,8-10H2,1-2,4H3/b11-7+/t13-,14-,16-,17-,19+/m0/s1. The van der Waals surface area contributed by atoms with Crippen LogP contribution in [0, 0.1) is 5.92 Å². The maximum Gasteiger partial charge on any atom is 0.334 e. The van der Waals surface area contributed by atoms with Crippen molar-refractivity contribution in [1.29, 1.82) is 0 Å². The van der Waals surface area contributed by atoms with E-state index >= 15 is 0 Å². The summed E-state index contributed by atoms with van der Waals surface area (Å²) in [4.78, 5) is 23.7. The van der Waals surface area contributed by atoms with Gasteiger partial charge in [-0.15, -0.1) is 0 Å². The van der Waals surface area contributed by atoms with E-state index in [1.165, 1.54) is 0 Å². The summed E-state index contributed by atoms with van der Waals surface area (Å²) in [6.07, 6.45) is 3.65. The Morgan fingerprint density at radius 1 is 1.48 bits per heavy atom. The SMILES string of the molecule is C=C1C(=O)O[C@H]2[C@H]1C[C@H](OCC(=O)OCC)/C(C)=C/CC[C@@]1(C)O[C@@H]21. The van der Waals surface area contributed by atoms with Crippen LogP contribution in [-0.2, 0) is 28.5 Å². The third-order valence-corrected chi connectivity index (χ3v) is 5.38. The van der Waals surface area contributed by atoms with E-state index in [0.29, 0.717) is 18.6 Å². The molecule has 0 N–H and O–H groups in total. The van der Waals surface area contributed by atoms with E-state index in [4.69, 9.17) is 18.9 Å². The molecule has 25 heavy (non-hydrogen) atoms. The Hall–Kier alpha value is -1.66. The van der Waals surface area contributed by atoms with Crippen LogP contribution in [0.15, 0.2) is 23.8 Å². The maximum absolute atomic E-state index is 12.0. The third-order valence-electron chi connectivity index (χ3n) is 5.38. The van der Waals surface area contributed by atoms with Gasteiger partial charge < -0.3 is 18.9 Å². The molecule has 0 unspecified atom stereocenters. The number of hydrogen-bond donors (Lipinski definition) is 0. The van der Waals surface area contributed by atoms with Gasteiger partial charge in [0.1, 0.15) is 18.8 Å². The average Bonchev–Trinajstić information content (AvgIpc) is 3.15. The summed E-state index contributed by atoms with van der Waals surface area (Å²) in [6, 6.07) is 0. The molecule has 0 amide bonds. The second-order valence-electron chi connectivity index (χ2n) is 7.18. The lowest BCUT2D eigenvalue weighted by molar-refractivity contribution is -0.150. The molecule has 2 heterocycles. The van der Waals surface area contributed by atoms with Crippen molar-refractivity contribution in [1.82, 2.24) is 0 Å². The van der Waals surface area contributed by atoms with E-state index in [2.05, 4.69) is 19.6 Å². The summed E-state index contributed by atoms with van der Waals surface area (Å²) < 4.78 is 22.2. The highest BCUT2D eigenvalue weighted by atomic mass is 16.6. The number of hydrogen-bond acceptors (Lipinski definition) is 6. The smallest absolute Gasteiger partial charge is 0.334 e. The van der Waals surface area contributed by atoms with Gasteiger partial charge in [0.25, 0.3) is 0 Å². The van der Waals surface area contributed by atoms with Crippen molar-refractivity contribution in [3.8, 4) is 0 Å². The lowest BCUT2D eigenvalue weighted by Gasteiger charge is -2.25. The molecule has 2 aliphatic heterocycles. The second kappa shape index (κ2) is 6.92. The molecule has 0 aromatic carbocycles. The number of ether oxygens (including phenoxy) is 4. The zero-order chi connectivity index (χ0) is 18.2. The van der Waals surface area contributed by atoms with Crippen LogP contribution < -0.4 is 0 Å². The molecule has 3 aliphatic rings. The normalized spacial score (nSPS) is 39.6. The van der Waals surface area contributed by atoms with Crippen LogP contribution in [-0.4, -0.2) is 49.1 Å². The van der Waals surface area contributed by atoms with Crippen LogP contribution in [0.1, 0.15) is 40.0 Å². The Balaban J connectivity index is 1.78. The summed E-state index contributed by atoms with van der Waals surface area (Å²) >= 11 is 0. The molecule has 138 valence electrons. The van der Waals surface area contributed by atoms with Gasteiger partial charge in [0.05, 0.1) is 18.3 Å². The van der Waals surface area contributed by atoms with Crippen LogP contribution in [0.4, 0.5) is 0 Å². The Labute approximate surface area is 148 Å². The highest BCUT2D eigenvalue weighted by molar-refractivity contribution is 5.91. The number of epoxide rings is 1. The number of esters is 2. The third kappa shape index (κ3) is 3.65. The molecule has 0 radical (unpaired) electrons. The van der Waals surface area contributed by atoms with Gasteiger partial charge in [-0.25, -0.2) is 9.59 Å². The van der Waals surface area contributed by atoms with Crippen LogP contribution in [0.25, 0.3) is 0 Å². The quantitative estimate of drug-likeness (QED) is 0.335. The lowest BCUT2D eigenvalue weighted by Crippen LogP contribution is -2.33. The minimum absolute atomic E-state index is 0.0989. The summed E-state index contributed by atoms with van der Waals surface area (Å²) in [7, 11) is 0. The predicted octanol–water partition coefficient (Wildman–Crippen LogP) is 2.32. The van der Waals surface area contributed by atoms with Gasteiger partial charge in [-0.3, -0.25) is 0 Å². The van der Waals surface area contributed by atoms with E-state index in [0.717, 1.165) is 18.4 Å². The Bertz CT molecular complexity index is 609. The van der Waals surface area contributed by atoms with Crippen molar-refractivity contribution >= 4 is 11.9 Å². The Morgan fingerprint density at radius 2 is 2.24 bits per heavy atom. The van der Waals surface area contributed by atoms with Gasteiger partial charge in [0.2, 0.25) is 0 Å². The first-order valence-corrected chi connectivity index (χ1v) is 8.87. The zero-order valence-corrected chi connectivity index (χ0v) is 15.1. The summed E-state index contributed by atoms with van der Waals surface area (Å²) in [5.74, 6) is -0.925.